The number of methoxy groups -OCH3 is 2. The summed E-state index contributed by atoms with van der Waals surface area (Å²) < 4.78 is 11.5. The fraction of sp³-hybridized carbons (Fsp3) is 0.250. The molecule has 1 aromatic carbocycles. The van der Waals surface area contributed by atoms with Gasteiger partial charge < -0.3 is 24.2 Å². The monoisotopic (exact) mass is 250 g/mol. The van der Waals surface area contributed by atoms with Gasteiger partial charge in [0.15, 0.2) is 5.75 Å². The highest BCUT2D eigenvalue weighted by Gasteiger charge is 2.22. The van der Waals surface area contributed by atoms with Crippen molar-refractivity contribution in [2.24, 2.45) is 0 Å². The molecule has 0 amide bonds. The lowest BCUT2D eigenvalue weighted by Crippen LogP contribution is -2.27. The zero-order valence-electron chi connectivity index (χ0n) is 10.2. The van der Waals surface area contributed by atoms with Gasteiger partial charge in [-0.3, -0.25) is 0 Å². The van der Waals surface area contributed by atoms with Gasteiger partial charge in [-0.1, -0.05) is 6.07 Å². The Morgan fingerprint density at radius 3 is 2.44 bits per heavy atom. The van der Waals surface area contributed by atoms with Gasteiger partial charge in [0.1, 0.15) is 18.6 Å². The van der Waals surface area contributed by atoms with E-state index in [2.05, 4.69) is 0 Å². The first kappa shape index (κ1) is 12.1. The zero-order chi connectivity index (χ0) is 13.3. The summed E-state index contributed by atoms with van der Waals surface area (Å²) in [5, 5.41) is 11.7. The highest BCUT2D eigenvalue weighted by molar-refractivity contribution is 6.02. The van der Waals surface area contributed by atoms with Crippen LogP contribution in [0.3, 0.4) is 0 Å². The molecule has 6 heteroatoms. The van der Waals surface area contributed by atoms with Crippen molar-refractivity contribution in [1.29, 1.82) is 0 Å². The standard InChI is InChI=1S/C12H13NO5/c1-16-8-6-4-5-7-9(8)11(17-2)10(12(14)15)13(7)18-3/h4-6H,1-3H3,(H,14,15)/p-1. The number of fused-ring (bicyclic) bond motifs is 1. The number of benzene rings is 1. The third-order valence-corrected chi connectivity index (χ3v) is 2.67. The lowest BCUT2D eigenvalue weighted by Gasteiger charge is -2.09. The van der Waals surface area contributed by atoms with Gasteiger partial charge in [0, 0.05) is 0 Å². The van der Waals surface area contributed by atoms with Crippen LogP contribution in [0.1, 0.15) is 10.5 Å². The highest BCUT2D eigenvalue weighted by atomic mass is 16.6. The van der Waals surface area contributed by atoms with E-state index in [-0.39, 0.29) is 11.4 Å². The first-order valence-electron chi connectivity index (χ1n) is 5.17. The van der Waals surface area contributed by atoms with Crippen molar-refractivity contribution < 1.29 is 24.2 Å². The van der Waals surface area contributed by atoms with Crippen molar-refractivity contribution in [1.82, 2.24) is 4.73 Å². The number of hydrogen-bond acceptors (Lipinski definition) is 5. The molecule has 0 N–H and O–H groups in total. The fourth-order valence-electron chi connectivity index (χ4n) is 1.98. The lowest BCUT2D eigenvalue weighted by molar-refractivity contribution is -0.256. The molecule has 0 unspecified atom stereocenters. The number of carboxylic acid groups (broad SMARTS) is 1. The molecule has 18 heavy (non-hydrogen) atoms. The molecule has 6 nitrogen and oxygen atoms in total. The topological polar surface area (TPSA) is 72.8 Å². The first-order chi connectivity index (χ1) is 8.65. The van der Waals surface area contributed by atoms with E-state index in [1.54, 1.807) is 18.2 Å². The molecule has 0 aliphatic heterocycles. The number of carbonyl (C=O) groups is 1. The molecule has 0 radical (unpaired) electrons. The van der Waals surface area contributed by atoms with Gasteiger partial charge in [-0.25, -0.2) is 0 Å². The molecule has 0 spiro atoms. The fourth-order valence-corrected chi connectivity index (χ4v) is 1.98. The average Bonchev–Trinajstić information content (AvgIpc) is 2.71. The molecule has 1 heterocycles. The average molecular weight is 250 g/mol. The second-order valence-electron chi connectivity index (χ2n) is 3.50. The number of carboxylic acids is 1. The maximum absolute atomic E-state index is 11.2. The van der Waals surface area contributed by atoms with Crippen molar-refractivity contribution in [3.8, 4) is 11.5 Å². The first-order valence-corrected chi connectivity index (χ1v) is 5.17. The Bertz CT molecular complexity index is 602. The predicted octanol–water partition coefficient (Wildman–Crippen LogP) is 0.0804. The molecule has 1 aromatic heterocycles. The van der Waals surface area contributed by atoms with Crippen molar-refractivity contribution in [2.45, 2.75) is 0 Å². The maximum Gasteiger partial charge on any atom is 0.161 e. The molecule has 0 saturated carbocycles. The molecule has 0 saturated heterocycles. The number of aromatic carboxylic acids is 1. The van der Waals surface area contributed by atoms with Crippen molar-refractivity contribution >= 4 is 16.9 Å². The van der Waals surface area contributed by atoms with Crippen LogP contribution in [0.5, 0.6) is 11.5 Å². The molecule has 96 valence electrons. The summed E-state index contributed by atoms with van der Waals surface area (Å²) in [5.41, 5.74) is 0.354. The Hall–Kier alpha value is -2.37. The second kappa shape index (κ2) is 4.48. The van der Waals surface area contributed by atoms with Gasteiger partial charge >= 0.3 is 0 Å². The summed E-state index contributed by atoms with van der Waals surface area (Å²) in [4.78, 5) is 16.3. The van der Waals surface area contributed by atoms with Crippen LogP contribution in [0, 0.1) is 0 Å². The summed E-state index contributed by atoms with van der Waals surface area (Å²) >= 11 is 0. The molecule has 2 rings (SSSR count). The Labute approximate surface area is 103 Å². The second-order valence-corrected chi connectivity index (χ2v) is 3.50. The van der Waals surface area contributed by atoms with Crippen molar-refractivity contribution in [3.05, 3.63) is 23.9 Å². The van der Waals surface area contributed by atoms with Gasteiger partial charge in [0.25, 0.3) is 0 Å². The molecule has 0 fully saturated rings. The minimum absolute atomic E-state index is 0.157. The van der Waals surface area contributed by atoms with Crippen LogP contribution < -0.4 is 19.4 Å². The summed E-state index contributed by atoms with van der Waals surface area (Å²) in [7, 11) is 4.25. The molecule has 0 aliphatic rings. The third-order valence-electron chi connectivity index (χ3n) is 2.67. The molecular weight excluding hydrogens is 238 g/mol. The quantitative estimate of drug-likeness (QED) is 0.768. The minimum atomic E-state index is -1.38. The Kier molecular flexibility index (Phi) is 3.01. The van der Waals surface area contributed by atoms with E-state index in [1.165, 1.54) is 21.3 Å². The van der Waals surface area contributed by atoms with E-state index in [0.717, 1.165) is 4.73 Å². The van der Waals surface area contributed by atoms with E-state index >= 15 is 0 Å². The summed E-state index contributed by atoms with van der Waals surface area (Å²) in [6, 6.07) is 5.15. The van der Waals surface area contributed by atoms with E-state index in [9.17, 15) is 9.90 Å². The lowest BCUT2D eigenvalue weighted by atomic mass is 10.2. The van der Waals surface area contributed by atoms with Crippen LogP contribution in [0.2, 0.25) is 0 Å². The van der Waals surface area contributed by atoms with Crippen molar-refractivity contribution in [3.63, 3.8) is 0 Å². The Balaban J connectivity index is 2.95. The van der Waals surface area contributed by atoms with Gasteiger partial charge in [-0.05, 0) is 12.1 Å². The number of ether oxygens (including phenoxy) is 2. The number of aromatic nitrogens is 1. The largest absolute Gasteiger partial charge is 0.543 e. The Morgan fingerprint density at radius 2 is 1.94 bits per heavy atom. The zero-order valence-corrected chi connectivity index (χ0v) is 10.2. The van der Waals surface area contributed by atoms with Gasteiger partial charge in [0.2, 0.25) is 0 Å². The number of hydrogen-bond donors (Lipinski definition) is 0. The number of rotatable bonds is 4. The van der Waals surface area contributed by atoms with E-state index in [4.69, 9.17) is 14.3 Å². The normalized spacial score (nSPS) is 10.4. The van der Waals surface area contributed by atoms with Gasteiger partial charge in [-0.2, -0.15) is 4.73 Å². The maximum atomic E-state index is 11.2. The smallest absolute Gasteiger partial charge is 0.161 e. The van der Waals surface area contributed by atoms with E-state index < -0.39 is 5.97 Å². The van der Waals surface area contributed by atoms with Gasteiger partial charge in [-0.15, -0.1) is 0 Å². The Morgan fingerprint density at radius 1 is 1.22 bits per heavy atom. The molecule has 2 aromatic rings. The van der Waals surface area contributed by atoms with E-state index in [1.807, 2.05) is 0 Å². The van der Waals surface area contributed by atoms with Crippen LogP contribution in [-0.4, -0.2) is 32.0 Å². The highest BCUT2D eigenvalue weighted by Crippen LogP contribution is 2.38. The summed E-state index contributed by atoms with van der Waals surface area (Å²) in [5.74, 6) is -0.723. The predicted molar refractivity (Wildman–Crippen MR) is 61.9 cm³/mol. The van der Waals surface area contributed by atoms with Crippen LogP contribution in [-0.2, 0) is 0 Å². The van der Waals surface area contributed by atoms with Crippen LogP contribution in [0.25, 0.3) is 10.9 Å². The van der Waals surface area contributed by atoms with Gasteiger partial charge in [0.05, 0.1) is 31.1 Å². The van der Waals surface area contributed by atoms with Crippen molar-refractivity contribution in [2.75, 3.05) is 21.3 Å². The van der Waals surface area contributed by atoms with Crippen LogP contribution in [0.4, 0.5) is 0 Å². The SMILES string of the molecule is COc1cccc2c1c(OC)c(C(=O)[O-])n2OC. The van der Waals surface area contributed by atoms with E-state index in [0.29, 0.717) is 16.7 Å². The van der Waals surface area contributed by atoms with Crippen LogP contribution >= 0.6 is 0 Å². The number of nitrogens with zero attached hydrogens (tertiary/aromatic N) is 1. The summed E-state index contributed by atoms with van der Waals surface area (Å²) in [6.07, 6.45) is 0. The molecule has 0 aliphatic carbocycles. The third kappa shape index (κ3) is 1.54. The summed E-state index contributed by atoms with van der Waals surface area (Å²) in [6.45, 7) is 0. The molecule has 0 bridgehead atoms. The number of carbonyl (C=O) groups excluding carboxylic acids is 1. The minimum Gasteiger partial charge on any atom is -0.543 e. The molecule has 0 atom stereocenters. The van der Waals surface area contributed by atoms with Crippen LogP contribution in [0.15, 0.2) is 18.2 Å². The molecular formula is C12H12NO5-.